The van der Waals surface area contributed by atoms with Gasteiger partial charge in [-0.15, -0.1) is 0 Å². The second kappa shape index (κ2) is 7.04. The first kappa shape index (κ1) is 14.5. The van der Waals surface area contributed by atoms with Crippen molar-refractivity contribution in [2.24, 2.45) is 0 Å². The molecule has 0 amide bonds. The molecule has 1 N–H and O–H groups in total. The minimum absolute atomic E-state index is 0.0957. The summed E-state index contributed by atoms with van der Waals surface area (Å²) in [5.74, 6) is 0.529. The first-order chi connectivity index (χ1) is 9.69. The third kappa shape index (κ3) is 4.06. The van der Waals surface area contributed by atoms with Gasteiger partial charge < -0.3 is 14.7 Å². The molecule has 1 saturated heterocycles. The topological polar surface area (TPSA) is 78.8 Å². The van der Waals surface area contributed by atoms with Gasteiger partial charge in [-0.3, -0.25) is 14.7 Å². The molecule has 0 spiro atoms. The molecule has 7 nitrogen and oxygen atoms in total. The highest BCUT2D eigenvalue weighted by atomic mass is 16.5. The summed E-state index contributed by atoms with van der Waals surface area (Å²) in [5.41, 5.74) is 0. The third-order valence-electron chi connectivity index (χ3n) is 3.16. The minimum Gasteiger partial charge on any atom is -0.480 e. The SMILES string of the molecule is CCOc1cncc(N2CCCN(CC(=O)O)CC2)n1. The number of rotatable bonds is 5. The Morgan fingerprint density at radius 3 is 2.95 bits per heavy atom. The van der Waals surface area contributed by atoms with Gasteiger partial charge >= 0.3 is 5.97 Å². The van der Waals surface area contributed by atoms with Crippen molar-refractivity contribution in [1.82, 2.24) is 14.9 Å². The third-order valence-corrected chi connectivity index (χ3v) is 3.16. The molecule has 0 aromatic carbocycles. The quantitative estimate of drug-likeness (QED) is 0.840. The lowest BCUT2D eigenvalue weighted by Gasteiger charge is -2.22. The van der Waals surface area contributed by atoms with Crippen LogP contribution in [0.4, 0.5) is 5.82 Å². The first-order valence-corrected chi connectivity index (χ1v) is 6.83. The molecule has 1 aliphatic heterocycles. The molecular formula is C13H20N4O3. The first-order valence-electron chi connectivity index (χ1n) is 6.83. The van der Waals surface area contributed by atoms with Crippen LogP contribution >= 0.6 is 0 Å². The number of hydrogen-bond donors (Lipinski definition) is 1. The largest absolute Gasteiger partial charge is 0.480 e. The molecule has 0 saturated carbocycles. The predicted octanol–water partition coefficient (Wildman–Crippen LogP) is 0.472. The Morgan fingerprint density at radius 1 is 1.35 bits per heavy atom. The smallest absolute Gasteiger partial charge is 0.317 e. The summed E-state index contributed by atoms with van der Waals surface area (Å²) >= 11 is 0. The van der Waals surface area contributed by atoms with Gasteiger partial charge in [-0.05, 0) is 13.3 Å². The number of carboxylic acid groups (broad SMARTS) is 1. The zero-order chi connectivity index (χ0) is 14.4. The van der Waals surface area contributed by atoms with Crippen LogP contribution in [-0.4, -0.2) is 65.3 Å². The number of carbonyl (C=O) groups is 1. The van der Waals surface area contributed by atoms with Crippen LogP contribution in [0.5, 0.6) is 5.88 Å². The summed E-state index contributed by atoms with van der Waals surface area (Å²) in [6, 6.07) is 0. The van der Waals surface area contributed by atoms with Crippen molar-refractivity contribution in [2.75, 3.05) is 44.2 Å². The normalized spacial score (nSPS) is 16.8. The number of anilines is 1. The van der Waals surface area contributed by atoms with E-state index in [1.165, 1.54) is 0 Å². The fourth-order valence-corrected chi connectivity index (χ4v) is 2.26. The van der Waals surface area contributed by atoms with Crippen LogP contribution in [0.2, 0.25) is 0 Å². The van der Waals surface area contributed by atoms with Gasteiger partial charge in [-0.1, -0.05) is 0 Å². The maximum absolute atomic E-state index is 10.8. The summed E-state index contributed by atoms with van der Waals surface area (Å²) in [4.78, 5) is 23.4. The molecule has 0 bridgehead atoms. The van der Waals surface area contributed by atoms with Crippen molar-refractivity contribution in [1.29, 1.82) is 0 Å². The Labute approximate surface area is 118 Å². The number of nitrogens with zero attached hydrogens (tertiary/aromatic N) is 4. The molecule has 0 aliphatic carbocycles. The summed E-state index contributed by atoms with van der Waals surface area (Å²) in [5, 5.41) is 8.84. The fourth-order valence-electron chi connectivity index (χ4n) is 2.26. The highest BCUT2D eigenvalue weighted by Gasteiger charge is 2.18. The summed E-state index contributed by atoms with van der Waals surface area (Å²) in [6.45, 7) is 5.67. The van der Waals surface area contributed by atoms with Gasteiger partial charge in [0.25, 0.3) is 0 Å². The van der Waals surface area contributed by atoms with E-state index in [1.54, 1.807) is 12.4 Å². The van der Waals surface area contributed by atoms with Crippen LogP contribution in [0.25, 0.3) is 0 Å². The van der Waals surface area contributed by atoms with Gasteiger partial charge in [0.05, 0.1) is 25.5 Å². The molecule has 0 unspecified atom stereocenters. The molecule has 7 heteroatoms. The Balaban J connectivity index is 1.99. The van der Waals surface area contributed by atoms with E-state index < -0.39 is 5.97 Å². The average Bonchev–Trinajstić information content (AvgIpc) is 2.64. The second-order valence-electron chi connectivity index (χ2n) is 4.66. The van der Waals surface area contributed by atoms with Gasteiger partial charge in [0.2, 0.25) is 5.88 Å². The predicted molar refractivity (Wildman–Crippen MR) is 74.1 cm³/mol. The van der Waals surface area contributed by atoms with E-state index in [9.17, 15) is 4.79 Å². The van der Waals surface area contributed by atoms with Gasteiger partial charge in [0.15, 0.2) is 5.82 Å². The van der Waals surface area contributed by atoms with Crippen molar-refractivity contribution < 1.29 is 14.6 Å². The van der Waals surface area contributed by atoms with E-state index in [-0.39, 0.29) is 6.54 Å². The van der Waals surface area contributed by atoms with E-state index >= 15 is 0 Å². The van der Waals surface area contributed by atoms with Crippen LogP contribution in [0.3, 0.4) is 0 Å². The van der Waals surface area contributed by atoms with Crippen molar-refractivity contribution in [3.05, 3.63) is 12.4 Å². The monoisotopic (exact) mass is 280 g/mol. The van der Waals surface area contributed by atoms with Crippen LogP contribution in [-0.2, 0) is 4.79 Å². The lowest BCUT2D eigenvalue weighted by atomic mass is 10.4. The van der Waals surface area contributed by atoms with E-state index in [4.69, 9.17) is 9.84 Å². The van der Waals surface area contributed by atoms with E-state index in [1.807, 2.05) is 11.8 Å². The molecule has 1 aliphatic rings. The molecule has 1 aromatic rings. The van der Waals surface area contributed by atoms with Crippen LogP contribution in [0.1, 0.15) is 13.3 Å². The molecular weight excluding hydrogens is 260 g/mol. The molecule has 2 rings (SSSR count). The van der Waals surface area contributed by atoms with E-state index in [0.717, 1.165) is 31.9 Å². The van der Waals surface area contributed by atoms with Crippen LogP contribution in [0.15, 0.2) is 12.4 Å². The van der Waals surface area contributed by atoms with Gasteiger partial charge in [0, 0.05) is 26.2 Å². The number of aromatic nitrogens is 2. The molecule has 0 radical (unpaired) electrons. The van der Waals surface area contributed by atoms with Crippen molar-refractivity contribution in [3.63, 3.8) is 0 Å². The van der Waals surface area contributed by atoms with E-state index in [2.05, 4.69) is 14.9 Å². The summed E-state index contributed by atoms with van der Waals surface area (Å²) in [7, 11) is 0. The van der Waals surface area contributed by atoms with Crippen LogP contribution in [0, 0.1) is 0 Å². The van der Waals surface area contributed by atoms with Gasteiger partial charge in [-0.25, -0.2) is 0 Å². The highest BCUT2D eigenvalue weighted by Crippen LogP contribution is 2.16. The second-order valence-corrected chi connectivity index (χ2v) is 4.66. The number of carboxylic acids is 1. The molecule has 110 valence electrons. The standard InChI is InChI=1S/C13H20N4O3/c1-2-20-12-9-14-8-11(15-12)17-5-3-4-16(6-7-17)10-13(18)19/h8-9H,2-7,10H2,1H3,(H,18,19). The molecule has 0 atom stereocenters. The van der Waals surface area contributed by atoms with Gasteiger partial charge in [0.1, 0.15) is 0 Å². The molecule has 1 aromatic heterocycles. The lowest BCUT2D eigenvalue weighted by molar-refractivity contribution is -0.138. The Bertz CT molecular complexity index is 455. The fraction of sp³-hybridized carbons (Fsp3) is 0.615. The van der Waals surface area contributed by atoms with Crippen molar-refractivity contribution in [2.45, 2.75) is 13.3 Å². The zero-order valence-electron chi connectivity index (χ0n) is 11.7. The zero-order valence-corrected chi connectivity index (χ0v) is 11.7. The summed E-state index contributed by atoms with van der Waals surface area (Å²) in [6.07, 6.45) is 4.23. The maximum atomic E-state index is 10.8. The number of aliphatic carboxylic acids is 1. The minimum atomic E-state index is -0.781. The molecule has 20 heavy (non-hydrogen) atoms. The average molecular weight is 280 g/mol. The van der Waals surface area contributed by atoms with Crippen molar-refractivity contribution in [3.8, 4) is 5.88 Å². The highest BCUT2D eigenvalue weighted by molar-refractivity contribution is 5.69. The van der Waals surface area contributed by atoms with Gasteiger partial charge in [-0.2, -0.15) is 4.98 Å². The number of ether oxygens (including phenoxy) is 1. The molecule has 2 heterocycles. The number of hydrogen-bond acceptors (Lipinski definition) is 6. The van der Waals surface area contributed by atoms with E-state index in [0.29, 0.717) is 19.0 Å². The van der Waals surface area contributed by atoms with Crippen LogP contribution < -0.4 is 9.64 Å². The Kier molecular flexibility index (Phi) is 5.11. The molecule has 1 fully saturated rings. The summed E-state index contributed by atoms with van der Waals surface area (Å²) < 4.78 is 5.35. The maximum Gasteiger partial charge on any atom is 0.317 e. The van der Waals surface area contributed by atoms with Crippen molar-refractivity contribution >= 4 is 11.8 Å². The Morgan fingerprint density at radius 2 is 2.20 bits per heavy atom. The Hall–Kier alpha value is -1.89. The lowest BCUT2D eigenvalue weighted by Crippen LogP contribution is -2.34.